The molecule has 2 fully saturated rings. The van der Waals surface area contributed by atoms with Crippen molar-refractivity contribution < 1.29 is 14.3 Å². The number of carbonyl (C=O) groups is 2. The zero-order valence-corrected chi connectivity index (χ0v) is 19.4. The first-order chi connectivity index (χ1) is 15.0. The molecule has 3 rings (SSSR count). The molecule has 0 radical (unpaired) electrons. The number of hydrogen-bond acceptors (Lipinski definition) is 4. The number of carbonyl (C=O) groups excluding carboxylic acids is 2. The zero-order valence-electron chi connectivity index (χ0n) is 19.4. The van der Waals surface area contributed by atoms with Crippen molar-refractivity contribution in [1.82, 2.24) is 15.1 Å². The van der Waals surface area contributed by atoms with Gasteiger partial charge in [0.25, 0.3) is 0 Å². The van der Waals surface area contributed by atoms with Crippen molar-refractivity contribution in [2.24, 2.45) is 11.8 Å². The van der Waals surface area contributed by atoms with Crippen molar-refractivity contribution >= 4 is 11.8 Å². The van der Waals surface area contributed by atoms with Gasteiger partial charge >= 0.3 is 0 Å². The molecule has 0 spiro atoms. The van der Waals surface area contributed by atoms with Gasteiger partial charge in [-0.1, -0.05) is 38.8 Å². The smallest absolute Gasteiger partial charge is 0.234 e. The third-order valence-electron chi connectivity index (χ3n) is 7.15. The van der Waals surface area contributed by atoms with Crippen LogP contribution in [0.1, 0.15) is 51.5 Å². The largest absolute Gasteiger partial charge is 0.497 e. The van der Waals surface area contributed by atoms with Gasteiger partial charge in [0, 0.05) is 38.6 Å². The van der Waals surface area contributed by atoms with Crippen LogP contribution in [0.5, 0.6) is 5.75 Å². The minimum Gasteiger partial charge on any atom is -0.497 e. The van der Waals surface area contributed by atoms with Gasteiger partial charge in [-0.15, -0.1) is 0 Å². The van der Waals surface area contributed by atoms with E-state index in [1.54, 1.807) is 7.11 Å². The molecule has 1 aromatic rings. The van der Waals surface area contributed by atoms with Crippen LogP contribution < -0.4 is 10.1 Å². The van der Waals surface area contributed by atoms with Crippen LogP contribution in [-0.4, -0.2) is 67.5 Å². The molecule has 3 atom stereocenters. The van der Waals surface area contributed by atoms with Crippen LogP contribution in [0.15, 0.2) is 24.3 Å². The van der Waals surface area contributed by atoms with Crippen LogP contribution in [0.4, 0.5) is 0 Å². The Labute approximate surface area is 187 Å². The lowest BCUT2D eigenvalue weighted by molar-refractivity contribution is -0.131. The molecule has 0 bridgehead atoms. The van der Waals surface area contributed by atoms with Crippen molar-refractivity contribution in [3.05, 3.63) is 29.8 Å². The van der Waals surface area contributed by atoms with Gasteiger partial charge in [0.05, 0.1) is 13.7 Å². The summed E-state index contributed by atoms with van der Waals surface area (Å²) >= 11 is 0. The Morgan fingerprint density at radius 1 is 1.03 bits per heavy atom. The summed E-state index contributed by atoms with van der Waals surface area (Å²) in [7, 11) is 1.65. The molecule has 0 aromatic heterocycles. The lowest BCUT2D eigenvalue weighted by Gasteiger charge is -2.35. The summed E-state index contributed by atoms with van der Waals surface area (Å²) in [6, 6.07) is 8.21. The zero-order chi connectivity index (χ0) is 22.2. The van der Waals surface area contributed by atoms with Crippen LogP contribution in [0.2, 0.25) is 0 Å². The summed E-state index contributed by atoms with van der Waals surface area (Å²) < 4.78 is 5.19. The second kappa shape index (κ2) is 11.5. The van der Waals surface area contributed by atoms with Crippen LogP contribution in [0.25, 0.3) is 0 Å². The first-order valence-electron chi connectivity index (χ1n) is 11.9. The monoisotopic (exact) mass is 429 g/mol. The van der Waals surface area contributed by atoms with E-state index < -0.39 is 0 Å². The molecule has 3 unspecified atom stereocenters. The molecule has 1 heterocycles. The molecule has 6 nitrogen and oxygen atoms in total. The summed E-state index contributed by atoms with van der Waals surface area (Å²) in [5.74, 6) is 2.38. The standard InChI is InChI=1S/C25H39N3O3/c1-19-6-4-7-23(20(19)2)26-24(29)18-27-14-5-15-28(17-16-27)25(30)13-10-21-8-11-22(31-3)12-9-21/h8-9,11-12,19-20,23H,4-7,10,13-18H2,1-3H3,(H,26,29). The van der Waals surface area contributed by atoms with Gasteiger partial charge in [-0.25, -0.2) is 0 Å². The maximum atomic E-state index is 12.7. The van der Waals surface area contributed by atoms with Gasteiger partial charge in [-0.2, -0.15) is 0 Å². The number of nitrogens with one attached hydrogen (secondary N) is 1. The quantitative estimate of drug-likeness (QED) is 0.724. The molecule has 172 valence electrons. The van der Waals surface area contributed by atoms with E-state index >= 15 is 0 Å². The highest BCUT2D eigenvalue weighted by Gasteiger charge is 2.28. The molecule has 1 N–H and O–H groups in total. The average molecular weight is 430 g/mol. The van der Waals surface area contributed by atoms with Gasteiger partial charge in [0.2, 0.25) is 11.8 Å². The minimum atomic E-state index is 0.130. The van der Waals surface area contributed by atoms with Crippen molar-refractivity contribution in [2.45, 2.75) is 58.4 Å². The molecule has 1 aliphatic heterocycles. The Bertz CT molecular complexity index is 721. The molecule has 31 heavy (non-hydrogen) atoms. The van der Waals surface area contributed by atoms with E-state index in [4.69, 9.17) is 4.74 Å². The van der Waals surface area contributed by atoms with Gasteiger partial charge in [0.1, 0.15) is 5.75 Å². The SMILES string of the molecule is COc1ccc(CCC(=O)N2CCCN(CC(=O)NC3CCCC(C)C3C)CC2)cc1. The van der Waals surface area contributed by atoms with E-state index in [1.165, 1.54) is 12.8 Å². The van der Waals surface area contributed by atoms with Crippen molar-refractivity contribution in [3.8, 4) is 5.75 Å². The van der Waals surface area contributed by atoms with E-state index in [1.807, 2.05) is 29.2 Å². The predicted octanol–water partition coefficient (Wildman–Crippen LogP) is 3.10. The lowest BCUT2D eigenvalue weighted by atomic mass is 9.78. The first kappa shape index (κ1) is 23.6. The van der Waals surface area contributed by atoms with Crippen LogP contribution >= 0.6 is 0 Å². The second-order valence-corrected chi connectivity index (χ2v) is 9.30. The number of ether oxygens (including phenoxy) is 1. The predicted molar refractivity (Wildman–Crippen MR) is 123 cm³/mol. The molecule has 2 amide bonds. The summed E-state index contributed by atoms with van der Waals surface area (Å²) in [6.07, 6.45) is 5.73. The number of hydrogen-bond donors (Lipinski definition) is 1. The summed E-state index contributed by atoms with van der Waals surface area (Å²) in [5.41, 5.74) is 1.15. The summed E-state index contributed by atoms with van der Waals surface area (Å²) in [4.78, 5) is 29.5. The van der Waals surface area contributed by atoms with Crippen molar-refractivity contribution in [3.63, 3.8) is 0 Å². The fourth-order valence-electron chi connectivity index (χ4n) is 4.82. The van der Waals surface area contributed by atoms with Crippen LogP contribution in [0.3, 0.4) is 0 Å². The summed E-state index contributed by atoms with van der Waals surface area (Å²) in [5, 5.41) is 3.28. The number of nitrogens with zero attached hydrogens (tertiary/aromatic N) is 2. The fourth-order valence-corrected chi connectivity index (χ4v) is 4.82. The minimum absolute atomic E-state index is 0.130. The van der Waals surface area contributed by atoms with Crippen molar-refractivity contribution in [1.29, 1.82) is 0 Å². The van der Waals surface area contributed by atoms with Gasteiger partial charge in [-0.3, -0.25) is 14.5 Å². The van der Waals surface area contributed by atoms with Crippen LogP contribution in [-0.2, 0) is 16.0 Å². The Balaban J connectivity index is 1.40. The second-order valence-electron chi connectivity index (χ2n) is 9.30. The van der Waals surface area contributed by atoms with E-state index in [9.17, 15) is 9.59 Å². The Kier molecular flexibility index (Phi) is 8.76. The Hall–Kier alpha value is -2.08. The topological polar surface area (TPSA) is 61.9 Å². The average Bonchev–Trinajstić information content (AvgIpc) is 3.01. The normalized spacial score (nSPS) is 25.0. The number of rotatable bonds is 7. The highest BCUT2D eigenvalue weighted by atomic mass is 16.5. The Morgan fingerprint density at radius 2 is 1.81 bits per heavy atom. The lowest BCUT2D eigenvalue weighted by Crippen LogP contribution is -2.47. The molecule has 6 heteroatoms. The number of aryl methyl sites for hydroxylation is 1. The highest BCUT2D eigenvalue weighted by Crippen LogP contribution is 2.29. The third-order valence-corrected chi connectivity index (χ3v) is 7.15. The van der Waals surface area contributed by atoms with Crippen molar-refractivity contribution in [2.75, 3.05) is 39.8 Å². The molecular weight excluding hydrogens is 390 g/mol. The van der Waals surface area contributed by atoms with Gasteiger partial charge in [-0.05, 0) is 48.8 Å². The molecule has 1 aliphatic carbocycles. The molecule has 2 aliphatic rings. The van der Waals surface area contributed by atoms with E-state index in [2.05, 4.69) is 24.1 Å². The number of benzene rings is 1. The van der Waals surface area contributed by atoms with E-state index in [-0.39, 0.29) is 11.8 Å². The Morgan fingerprint density at radius 3 is 2.55 bits per heavy atom. The first-order valence-corrected chi connectivity index (χ1v) is 11.9. The molecular formula is C25H39N3O3. The fraction of sp³-hybridized carbons (Fsp3) is 0.680. The molecule has 1 saturated carbocycles. The van der Waals surface area contributed by atoms with E-state index in [0.717, 1.165) is 50.2 Å². The van der Waals surface area contributed by atoms with E-state index in [0.29, 0.717) is 37.4 Å². The summed E-state index contributed by atoms with van der Waals surface area (Å²) in [6.45, 7) is 8.09. The highest BCUT2D eigenvalue weighted by molar-refractivity contribution is 5.78. The van der Waals surface area contributed by atoms with Gasteiger partial charge in [0.15, 0.2) is 0 Å². The molecule has 1 aromatic carbocycles. The molecule has 1 saturated heterocycles. The van der Waals surface area contributed by atoms with Crippen LogP contribution in [0, 0.1) is 11.8 Å². The number of methoxy groups -OCH3 is 1. The third kappa shape index (κ3) is 6.96. The van der Waals surface area contributed by atoms with Gasteiger partial charge < -0.3 is 15.0 Å². The maximum Gasteiger partial charge on any atom is 0.234 e. The number of amides is 2. The maximum absolute atomic E-state index is 12.7.